The number of carbonyl (C=O) groups is 1. The van der Waals surface area contributed by atoms with Gasteiger partial charge in [-0.2, -0.15) is 0 Å². The topological polar surface area (TPSA) is 139 Å². The van der Waals surface area contributed by atoms with Crippen LogP contribution in [0, 0.1) is 5.41 Å². The highest BCUT2D eigenvalue weighted by Gasteiger charge is 2.15. The number of hydrogen-bond donors (Lipinski definition) is 4. The maximum Gasteiger partial charge on any atom is 0.250 e. The van der Waals surface area contributed by atoms with Gasteiger partial charge >= 0.3 is 0 Å². The Hall–Kier alpha value is -4.37. The van der Waals surface area contributed by atoms with Crippen LogP contribution < -0.4 is 16.4 Å². The normalized spacial score (nSPS) is 11.5. The van der Waals surface area contributed by atoms with Crippen molar-refractivity contribution in [3.63, 3.8) is 0 Å². The van der Waals surface area contributed by atoms with Crippen LogP contribution in [0.3, 0.4) is 0 Å². The number of nitrogens with one attached hydrogen (secondary N) is 2. The lowest BCUT2D eigenvalue weighted by Gasteiger charge is -2.13. The maximum atomic E-state index is 11.8. The fraction of sp³-hybridized carbons (Fsp3) is 0.125. The number of nitrogens with zero attached hydrogens (tertiary/aromatic N) is 4. The number of benzene rings is 1. The average molecular weight is 442 g/mol. The Bertz CT molecular complexity index is 1370. The lowest BCUT2D eigenvalue weighted by atomic mass is 10.0. The quantitative estimate of drug-likeness (QED) is 0.310. The Morgan fingerprint density at radius 2 is 2.03 bits per heavy atom. The summed E-state index contributed by atoms with van der Waals surface area (Å²) in [6, 6.07) is 9.24. The van der Waals surface area contributed by atoms with E-state index in [4.69, 9.17) is 11.1 Å². The lowest BCUT2D eigenvalue weighted by Crippen LogP contribution is -2.72. The number of pyridine rings is 2. The van der Waals surface area contributed by atoms with E-state index in [1.807, 2.05) is 60.5 Å². The van der Waals surface area contributed by atoms with Crippen LogP contribution in [0.1, 0.15) is 23.0 Å². The van der Waals surface area contributed by atoms with Crippen molar-refractivity contribution in [3.8, 4) is 16.9 Å². The number of allylic oxidation sites excluding steroid dienone is 1. The van der Waals surface area contributed by atoms with Crippen LogP contribution in [-0.2, 0) is 0 Å². The second-order valence-corrected chi connectivity index (χ2v) is 7.31. The van der Waals surface area contributed by atoms with Crippen LogP contribution >= 0.6 is 0 Å². The first-order chi connectivity index (χ1) is 16.1. The molecule has 0 saturated heterocycles. The molecule has 0 fully saturated rings. The fourth-order valence-electron chi connectivity index (χ4n) is 3.73. The summed E-state index contributed by atoms with van der Waals surface area (Å²) in [5, 5.41) is 13.6. The smallest absolute Gasteiger partial charge is 0.250 e. The van der Waals surface area contributed by atoms with Crippen molar-refractivity contribution in [3.05, 3.63) is 72.7 Å². The summed E-state index contributed by atoms with van der Waals surface area (Å²) in [7, 11) is 1.91. The third-order valence-corrected chi connectivity index (χ3v) is 5.22. The van der Waals surface area contributed by atoms with Gasteiger partial charge in [-0.05, 0) is 31.2 Å². The van der Waals surface area contributed by atoms with Crippen molar-refractivity contribution in [2.24, 2.45) is 5.73 Å². The Balaban J connectivity index is 1.84. The van der Waals surface area contributed by atoms with Gasteiger partial charge in [0, 0.05) is 48.0 Å². The number of anilines is 1. The fourth-order valence-corrected chi connectivity index (χ4v) is 3.73. The van der Waals surface area contributed by atoms with Gasteiger partial charge in [-0.1, -0.05) is 6.07 Å². The minimum absolute atomic E-state index is 0.430. The van der Waals surface area contributed by atoms with Crippen LogP contribution in [0.2, 0.25) is 0 Å². The first-order valence-corrected chi connectivity index (χ1v) is 10.5. The number of hydrogen-bond acceptors (Lipinski definition) is 6. The Morgan fingerprint density at radius 3 is 2.76 bits per heavy atom. The second kappa shape index (κ2) is 9.41. The van der Waals surface area contributed by atoms with E-state index < -0.39 is 5.91 Å². The van der Waals surface area contributed by atoms with Crippen LogP contribution in [0.5, 0.6) is 0 Å². The van der Waals surface area contributed by atoms with Gasteiger partial charge in [0.25, 0.3) is 5.91 Å². The number of aromatic nitrogens is 4. The third-order valence-electron chi connectivity index (χ3n) is 5.22. The van der Waals surface area contributed by atoms with Crippen molar-refractivity contribution in [2.75, 3.05) is 18.9 Å². The Kier molecular flexibility index (Phi) is 6.23. The molecule has 3 aromatic heterocycles. The zero-order chi connectivity index (χ0) is 23.4. The molecule has 0 aliphatic rings. The van der Waals surface area contributed by atoms with Crippen LogP contribution in [0.15, 0.2) is 61.4 Å². The zero-order valence-electron chi connectivity index (χ0n) is 18.4. The second-order valence-electron chi connectivity index (χ2n) is 7.31. The standard InChI is InChI=1S/C24H24N8O/c1-3-28-19-10-15(4-5-17(19)24(26)33)22-23-18(6-8-29-22)21(7-9-30-23)32-13-20(31-14-32)16(11-25)12-27-2/h4-14,25,27-28H,3H2,1-2H3,(H2,26,33)/p+1/b16-12+,25-11?. The molecule has 9 heteroatoms. The van der Waals surface area contributed by atoms with Gasteiger partial charge in [-0.3, -0.25) is 14.8 Å². The average Bonchev–Trinajstić information content (AvgIpc) is 3.31. The van der Waals surface area contributed by atoms with Crippen molar-refractivity contribution in [2.45, 2.75) is 6.92 Å². The third kappa shape index (κ3) is 4.21. The van der Waals surface area contributed by atoms with Crippen LogP contribution in [0.25, 0.3) is 33.4 Å². The predicted molar refractivity (Wildman–Crippen MR) is 129 cm³/mol. The summed E-state index contributed by atoms with van der Waals surface area (Å²) >= 11 is 0. The van der Waals surface area contributed by atoms with Gasteiger partial charge in [-0.25, -0.2) is 4.98 Å². The molecular weight excluding hydrogens is 416 g/mol. The number of nitrogens with two attached hydrogens (primary N) is 2. The number of imidazole rings is 1. The first kappa shape index (κ1) is 21.8. The zero-order valence-corrected chi connectivity index (χ0v) is 18.4. The molecule has 4 aromatic rings. The first-order valence-electron chi connectivity index (χ1n) is 10.5. The van der Waals surface area contributed by atoms with Gasteiger partial charge in [-0.15, -0.1) is 0 Å². The molecule has 0 spiro atoms. The number of fused-ring (bicyclic) bond motifs is 1. The molecule has 6 N–H and O–H groups in total. The molecule has 0 unspecified atom stereocenters. The van der Waals surface area contributed by atoms with Gasteiger partial charge in [0.1, 0.15) is 6.20 Å². The molecule has 0 saturated carbocycles. The van der Waals surface area contributed by atoms with E-state index in [-0.39, 0.29) is 0 Å². The summed E-state index contributed by atoms with van der Waals surface area (Å²) in [5.74, 6) is -0.487. The monoisotopic (exact) mass is 441 g/mol. The molecule has 0 bridgehead atoms. The van der Waals surface area contributed by atoms with Gasteiger partial charge in [0.05, 0.1) is 47.1 Å². The number of rotatable bonds is 8. The van der Waals surface area contributed by atoms with E-state index in [1.165, 1.54) is 6.21 Å². The van der Waals surface area contributed by atoms with E-state index in [0.717, 1.165) is 27.7 Å². The number of amides is 1. The van der Waals surface area contributed by atoms with E-state index >= 15 is 0 Å². The van der Waals surface area contributed by atoms with E-state index in [9.17, 15) is 4.79 Å². The summed E-state index contributed by atoms with van der Waals surface area (Å²) in [6.07, 6.45) is 10.2. The van der Waals surface area contributed by atoms with Crippen molar-refractivity contribution in [1.29, 1.82) is 5.41 Å². The molecule has 9 nitrogen and oxygen atoms in total. The molecule has 0 atom stereocenters. The van der Waals surface area contributed by atoms with Gasteiger partial charge in [0.15, 0.2) is 0 Å². The van der Waals surface area contributed by atoms with E-state index in [1.54, 1.807) is 24.8 Å². The largest absolute Gasteiger partial charge is 0.385 e. The molecule has 3 heterocycles. The highest BCUT2D eigenvalue weighted by atomic mass is 16.1. The molecular formula is C24H25N8O+. The molecule has 0 aliphatic heterocycles. The van der Waals surface area contributed by atoms with Crippen LogP contribution in [0.4, 0.5) is 5.69 Å². The summed E-state index contributed by atoms with van der Waals surface area (Å²) in [6.45, 7) is 2.61. The Labute approximate surface area is 190 Å². The summed E-state index contributed by atoms with van der Waals surface area (Å²) in [4.78, 5) is 25.4. The van der Waals surface area contributed by atoms with Crippen molar-refractivity contribution in [1.82, 2.24) is 19.5 Å². The Morgan fingerprint density at radius 1 is 1.21 bits per heavy atom. The molecule has 1 aromatic carbocycles. The minimum Gasteiger partial charge on any atom is -0.385 e. The lowest BCUT2D eigenvalue weighted by molar-refractivity contribution is -0.555. The van der Waals surface area contributed by atoms with Gasteiger partial charge < -0.3 is 26.3 Å². The van der Waals surface area contributed by atoms with Gasteiger partial charge in [0.2, 0.25) is 0 Å². The predicted octanol–water partition coefficient (Wildman–Crippen LogP) is 2.20. The molecule has 0 radical (unpaired) electrons. The minimum atomic E-state index is -0.487. The molecule has 0 aliphatic carbocycles. The molecule has 166 valence electrons. The highest BCUT2D eigenvalue weighted by molar-refractivity contribution is 6.07. The summed E-state index contributed by atoms with van der Waals surface area (Å²) < 4.78 is 1.91. The van der Waals surface area contributed by atoms with Crippen molar-refractivity contribution >= 4 is 34.3 Å². The highest BCUT2D eigenvalue weighted by Crippen LogP contribution is 2.31. The number of quaternary nitrogens is 1. The summed E-state index contributed by atoms with van der Waals surface area (Å²) in [5.41, 5.74) is 11.2. The van der Waals surface area contributed by atoms with Crippen LogP contribution in [-0.4, -0.2) is 45.2 Å². The van der Waals surface area contributed by atoms with E-state index in [2.05, 4.69) is 20.3 Å². The van der Waals surface area contributed by atoms with E-state index in [0.29, 0.717) is 29.2 Å². The number of primary amides is 1. The van der Waals surface area contributed by atoms with Crippen molar-refractivity contribution < 1.29 is 10.1 Å². The maximum absolute atomic E-state index is 11.8. The molecule has 33 heavy (non-hydrogen) atoms. The molecule has 4 rings (SSSR count). The number of carbonyl (C=O) groups excluding carboxylic acids is 1. The molecule has 1 amide bonds. The SMILES string of the molecule is CCNc1cc(-c2nccc3c(-n4cnc(/C(C=N)=C/[NH2+]C)c4)ccnc23)ccc1C(N)=O.